The number of rotatable bonds is 0. The van der Waals surface area contributed by atoms with Gasteiger partial charge in [-0.2, -0.15) is 0 Å². The molecule has 1 fully saturated rings. The molecule has 1 aliphatic rings. The van der Waals surface area contributed by atoms with Crippen molar-refractivity contribution in [3.63, 3.8) is 0 Å². The topological polar surface area (TPSA) is 41.1 Å². The Morgan fingerprint density at radius 3 is 2.60 bits per heavy atom. The third kappa shape index (κ3) is 4.32. The van der Waals surface area contributed by atoms with Crippen molar-refractivity contribution >= 4 is 5.91 Å². The molecule has 0 atom stereocenters. The minimum absolute atomic E-state index is 0.162. The molecule has 0 unspecified atom stereocenters. The molecule has 0 radical (unpaired) electrons. The van der Waals surface area contributed by atoms with Gasteiger partial charge >= 0.3 is 0 Å². The highest BCUT2D eigenvalue weighted by Gasteiger charge is 2.02. The molecule has 0 bridgehead atoms. The van der Waals surface area contributed by atoms with Gasteiger partial charge in [-0.25, -0.2) is 0 Å². The van der Waals surface area contributed by atoms with E-state index in [4.69, 9.17) is 0 Å². The normalized spacial score (nSPS) is 18.0. The molecule has 1 aliphatic heterocycles. The number of carbonyl (C=O) groups is 1. The lowest BCUT2D eigenvalue weighted by atomic mass is 10.4. The summed E-state index contributed by atoms with van der Waals surface area (Å²) in [5.74, 6) is 0.162. The van der Waals surface area contributed by atoms with Gasteiger partial charge in [0.2, 0.25) is 5.91 Å². The van der Waals surface area contributed by atoms with E-state index in [2.05, 4.69) is 10.6 Å². The molecule has 0 saturated carbocycles. The predicted octanol–water partition coefficient (Wildman–Crippen LogP) is 0.122. The van der Waals surface area contributed by atoms with E-state index in [1.54, 1.807) is 0 Å². The Hall–Kier alpha value is -0.570. The maximum atomic E-state index is 10.5. The molecule has 10 heavy (non-hydrogen) atoms. The lowest BCUT2D eigenvalue weighted by Crippen LogP contribution is -2.24. The van der Waals surface area contributed by atoms with Crippen LogP contribution in [0.2, 0.25) is 0 Å². The van der Waals surface area contributed by atoms with E-state index in [-0.39, 0.29) is 5.91 Å². The van der Waals surface area contributed by atoms with Gasteiger partial charge < -0.3 is 10.6 Å². The number of hydrogen-bond donors (Lipinski definition) is 2. The smallest absolute Gasteiger partial charge is 0.221 e. The summed E-state index contributed by atoms with van der Waals surface area (Å²) < 4.78 is 0. The Bertz CT molecular complexity index is 83.6. The van der Waals surface area contributed by atoms with Crippen molar-refractivity contribution in [2.45, 2.75) is 20.3 Å². The summed E-state index contributed by atoms with van der Waals surface area (Å²) >= 11 is 0. The zero-order chi connectivity index (χ0) is 7.82. The van der Waals surface area contributed by atoms with Gasteiger partial charge in [-0.3, -0.25) is 4.79 Å². The minimum atomic E-state index is 0.162. The predicted molar refractivity (Wildman–Crippen MR) is 41.8 cm³/mol. The minimum Gasteiger partial charge on any atom is -0.355 e. The molecule has 3 heteroatoms. The molecule has 0 aromatic heterocycles. The van der Waals surface area contributed by atoms with Crippen LogP contribution >= 0.6 is 0 Å². The molecular weight excluding hydrogens is 128 g/mol. The zero-order valence-corrected chi connectivity index (χ0v) is 6.74. The molecule has 1 heterocycles. The maximum absolute atomic E-state index is 10.5. The van der Waals surface area contributed by atoms with E-state index < -0.39 is 0 Å². The molecule has 1 amide bonds. The van der Waals surface area contributed by atoms with Gasteiger partial charge in [0.25, 0.3) is 0 Å². The summed E-state index contributed by atoms with van der Waals surface area (Å²) in [6.07, 6.45) is 0.625. The first-order valence-corrected chi connectivity index (χ1v) is 3.87. The highest BCUT2D eigenvalue weighted by Crippen LogP contribution is 1.79. The molecule has 0 aromatic rings. The Balaban J connectivity index is 0.000000371. The first kappa shape index (κ1) is 9.43. The molecule has 0 aromatic carbocycles. The molecule has 60 valence electrons. The fourth-order valence-electron chi connectivity index (χ4n) is 0.706. The number of amides is 1. The van der Waals surface area contributed by atoms with Crippen LogP contribution in [0, 0.1) is 0 Å². The Morgan fingerprint density at radius 2 is 1.90 bits per heavy atom. The van der Waals surface area contributed by atoms with Crippen LogP contribution in [-0.2, 0) is 4.79 Å². The summed E-state index contributed by atoms with van der Waals surface area (Å²) in [6, 6.07) is 0. The quantitative estimate of drug-likeness (QED) is 0.507. The SMILES string of the molecule is CC.O=C1CCNCCN1. The van der Waals surface area contributed by atoms with Gasteiger partial charge in [0.15, 0.2) is 0 Å². The molecule has 2 N–H and O–H groups in total. The van der Waals surface area contributed by atoms with Gasteiger partial charge in [0, 0.05) is 26.1 Å². The highest BCUT2D eigenvalue weighted by atomic mass is 16.1. The molecule has 0 aliphatic carbocycles. The largest absolute Gasteiger partial charge is 0.355 e. The Kier molecular flexibility index (Phi) is 6.18. The fourth-order valence-corrected chi connectivity index (χ4v) is 0.706. The van der Waals surface area contributed by atoms with Crippen molar-refractivity contribution < 1.29 is 4.79 Å². The van der Waals surface area contributed by atoms with E-state index in [9.17, 15) is 4.79 Å². The van der Waals surface area contributed by atoms with Crippen LogP contribution in [0.25, 0.3) is 0 Å². The van der Waals surface area contributed by atoms with Crippen molar-refractivity contribution in [3.8, 4) is 0 Å². The van der Waals surface area contributed by atoms with Gasteiger partial charge in [-0.15, -0.1) is 0 Å². The highest BCUT2D eigenvalue weighted by molar-refractivity contribution is 5.76. The van der Waals surface area contributed by atoms with Crippen LogP contribution in [0.3, 0.4) is 0 Å². The van der Waals surface area contributed by atoms with Crippen LogP contribution in [0.4, 0.5) is 0 Å². The molecule has 1 rings (SSSR count). The van der Waals surface area contributed by atoms with Gasteiger partial charge in [0.1, 0.15) is 0 Å². The van der Waals surface area contributed by atoms with Crippen LogP contribution in [0.5, 0.6) is 0 Å². The lowest BCUT2D eigenvalue weighted by Gasteiger charge is -1.93. The number of carbonyl (C=O) groups excluding carboxylic acids is 1. The van der Waals surface area contributed by atoms with E-state index in [0.717, 1.165) is 19.6 Å². The number of nitrogens with one attached hydrogen (secondary N) is 2. The van der Waals surface area contributed by atoms with Crippen LogP contribution in [0.1, 0.15) is 20.3 Å². The molecule has 0 spiro atoms. The maximum Gasteiger partial charge on any atom is 0.221 e. The van der Waals surface area contributed by atoms with E-state index in [1.807, 2.05) is 13.8 Å². The molecule has 1 saturated heterocycles. The van der Waals surface area contributed by atoms with Crippen molar-refractivity contribution in [1.82, 2.24) is 10.6 Å². The molecule has 3 nitrogen and oxygen atoms in total. The van der Waals surface area contributed by atoms with E-state index >= 15 is 0 Å². The second-order valence-electron chi connectivity index (χ2n) is 1.85. The lowest BCUT2D eigenvalue weighted by molar-refractivity contribution is -0.120. The summed E-state index contributed by atoms with van der Waals surface area (Å²) in [6.45, 7) is 6.51. The standard InChI is InChI=1S/C5H10N2O.C2H6/c8-5-1-2-6-3-4-7-5;1-2/h6H,1-4H2,(H,7,8);1-2H3. The first-order chi connectivity index (χ1) is 4.89. The third-order valence-electron chi connectivity index (χ3n) is 1.15. The van der Waals surface area contributed by atoms with Crippen molar-refractivity contribution in [2.24, 2.45) is 0 Å². The average Bonchev–Trinajstić information content (AvgIpc) is 2.21. The summed E-state index contributed by atoms with van der Waals surface area (Å²) in [4.78, 5) is 10.5. The van der Waals surface area contributed by atoms with Crippen molar-refractivity contribution in [3.05, 3.63) is 0 Å². The zero-order valence-electron chi connectivity index (χ0n) is 6.74. The van der Waals surface area contributed by atoms with E-state index in [1.165, 1.54) is 0 Å². The summed E-state index contributed by atoms with van der Waals surface area (Å²) in [5, 5.41) is 5.84. The third-order valence-corrected chi connectivity index (χ3v) is 1.15. The van der Waals surface area contributed by atoms with Crippen LogP contribution in [0.15, 0.2) is 0 Å². The Labute approximate surface area is 62.2 Å². The van der Waals surface area contributed by atoms with Crippen molar-refractivity contribution in [1.29, 1.82) is 0 Å². The summed E-state index contributed by atoms with van der Waals surface area (Å²) in [5.41, 5.74) is 0. The summed E-state index contributed by atoms with van der Waals surface area (Å²) in [7, 11) is 0. The van der Waals surface area contributed by atoms with Crippen molar-refractivity contribution in [2.75, 3.05) is 19.6 Å². The van der Waals surface area contributed by atoms with Gasteiger partial charge in [-0.1, -0.05) is 13.8 Å². The first-order valence-electron chi connectivity index (χ1n) is 3.87. The van der Waals surface area contributed by atoms with Gasteiger partial charge in [-0.05, 0) is 0 Å². The van der Waals surface area contributed by atoms with Crippen LogP contribution in [-0.4, -0.2) is 25.5 Å². The second-order valence-corrected chi connectivity index (χ2v) is 1.85. The van der Waals surface area contributed by atoms with Gasteiger partial charge in [0.05, 0.1) is 0 Å². The number of hydrogen-bond acceptors (Lipinski definition) is 2. The van der Waals surface area contributed by atoms with E-state index in [0.29, 0.717) is 6.42 Å². The molecular formula is C7H16N2O. The average molecular weight is 144 g/mol. The monoisotopic (exact) mass is 144 g/mol. The second kappa shape index (κ2) is 6.55. The fraction of sp³-hybridized carbons (Fsp3) is 0.857. The van der Waals surface area contributed by atoms with Crippen LogP contribution < -0.4 is 10.6 Å². The Morgan fingerprint density at radius 1 is 1.20 bits per heavy atom.